The van der Waals surface area contributed by atoms with Crippen molar-refractivity contribution in [2.75, 3.05) is 145 Å². The average molecular weight is 981 g/mol. The first-order valence-corrected chi connectivity index (χ1v) is 23.4. The molecule has 0 aliphatic carbocycles. The van der Waals surface area contributed by atoms with E-state index in [1.165, 1.54) is 18.2 Å². The number of esters is 2. The van der Waals surface area contributed by atoms with Gasteiger partial charge in [-0.05, 0) is 67.2 Å². The van der Waals surface area contributed by atoms with E-state index in [1.54, 1.807) is 0 Å². The first kappa shape index (κ1) is 68.3. The fourth-order valence-corrected chi connectivity index (χ4v) is 4.66. The molecule has 0 aromatic heterocycles. The third-order valence-electron chi connectivity index (χ3n) is 7.62. The zero-order valence-corrected chi connectivity index (χ0v) is 41.9. The first-order chi connectivity index (χ1) is 32.7. The highest BCUT2D eigenvalue weighted by Crippen LogP contribution is 2.09. The SMILES string of the molecule is CC(C)(C)OC(=O)CCOCCOCCOCCOCCO.CC(C)(C)OC(=O)CCOCCOCCOCCOCCOC(=O)NCCCCCCN=C=O.O=C=NCCCCCCN=C=O. The molecule has 0 heterocycles. The molecule has 0 aliphatic rings. The molecule has 0 aromatic rings. The number of ether oxygens (including phenoxy) is 11. The summed E-state index contributed by atoms with van der Waals surface area (Å²) in [6.45, 7) is 19.9. The van der Waals surface area contributed by atoms with Gasteiger partial charge in [-0.3, -0.25) is 9.59 Å². The summed E-state index contributed by atoms with van der Waals surface area (Å²) in [4.78, 5) is 73.9. The zero-order chi connectivity index (χ0) is 51.1. The molecule has 0 atom stereocenters. The van der Waals surface area contributed by atoms with Crippen molar-refractivity contribution >= 4 is 36.3 Å². The molecule has 396 valence electrons. The highest BCUT2D eigenvalue weighted by molar-refractivity contribution is 5.70. The molecule has 22 nitrogen and oxygen atoms in total. The lowest BCUT2D eigenvalue weighted by Gasteiger charge is -2.19. The number of hydrogen-bond acceptors (Lipinski definition) is 21. The molecular formula is C46H84N4O18. The minimum atomic E-state index is -0.480. The predicted octanol–water partition coefficient (Wildman–Crippen LogP) is 4.40. The van der Waals surface area contributed by atoms with Crippen LogP contribution in [-0.2, 0) is 76.1 Å². The van der Waals surface area contributed by atoms with E-state index in [2.05, 4.69) is 20.3 Å². The van der Waals surface area contributed by atoms with Crippen LogP contribution in [0.4, 0.5) is 4.79 Å². The van der Waals surface area contributed by atoms with Crippen molar-refractivity contribution in [3.05, 3.63) is 0 Å². The number of isocyanates is 3. The molecular weight excluding hydrogens is 897 g/mol. The van der Waals surface area contributed by atoms with Crippen LogP contribution in [0.15, 0.2) is 15.0 Å². The molecule has 0 spiro atoms. The Kier molecular flexibility index (Phi) is 54.1. The quantitative estimate of drug-likeness (QED) is 0.0282. The normalized spacial score (nSPS) is 10.8. The number of unbranched alkanes of at least 4 members (excludes halogenated alkanes) is 6. The molecule has 0 saturated heterocycles. The largest absolute Gasteiger partial charge is 0.460 e. The third kappa shape index (κ3) is 68.6. The van der Waals surface area contributed by atoms with Crippen LogP contribution >= 0.6 is 0 Å². The van der Waals surface area contributed by atoms with Gasteiger partial charge in [0.2, 0.25) is 18.2 Å². The van der Waals surface area contributed by atoms with Gasteiger partial charge >= 0.3 is 18.0 Å². The molecule has 1 amide bonds. The van der Waals surface area contributed by atoms with Crippen molar-refractivity contribution in [3.63, 3.8) is 0 Å². The number of amides is 1. The van der Waals surface area contributed by atoms with Crippen LogP contribution in [-0.4, -0.2) is 198 Å². The number of alkyl carbamates (subject to hydrolysis) is 1. The fraction of sp³-hybridized carbons (Fsp3) is 0.870. The minimum absolute atomic E-state index is 0.0248. The van der Waals surface area contributed by atoms with Gasteiger partial charge < -0.3 is 62.5 Å². The van der Waals surface area contributed by atoms with Crippen molar-refractivity contribution < 1.29 is 86.0 Å². The lowest BCUT2D eigenvalue weighted by atomic mass is 10.2. The van der Waals surface area contributed by atoms with E-state index in [4.69, 9.17) is 57.2 Å². The van der Waals surface area contributed by atoms with E-state index in [9.17, 15) is 28.8 Å². The maximum absolute atomic E-state index is 11.5. The second-order valence-corrected chi connectivity index (χ2v) is 16.1. The number of aliphatic hydroxyl groups excluding tert-OH is 1. The standard InChI is InChI=1S/C23H42N2O9.C15H30O7.C8H12N2O2/c1-23(2,3)34-21(27)8-11-29-12-13-30-14-15-31-16-17-32-18-19-33-22(28)25-10-7-5-4-6-9-24-20-26;1-15(2,3)22-14(17)4-6-18-8-10-20-12-13-21-11-9-19-7-5-16;11-7-9-5-3-1-2-4-6-10-8-12/h4-19H2,1-3H3,(H,25,28);16H,4-13H2,1-3H3;1-6H2. The summed E-state index contributed by atoms with van der Waals surface area (Å²) in [5.41, 5.74) is -0.935. The van der Waals surface area contributed by atoms with Crippen LogP contribution in [0.1, 0.15) is 106 Å². The van der Waals surface area contributed by atoms with E-state index in [0.717, 1.165) is 51.4 Å². The van der Waals surface area contributed by atoms with Crippen molar-refractivity contribution in [3.8, 4) is 0 Å². The highest BCUT2D eigenvalue weighted by atomic mass is 16.6. The van der Waals surface area contributed by atoms with E-state index in [-0.39, 0.29) is 38.0 Å². The summed E-state index contributed by atoms with van der Waals surface area (Å²) in [5.74, 6) is -0.536. The van der Waals surface area contributed by atoms with Crippen LogP contribution in [0.5, 0.6) is 0 Å². The molecule has 22 heteroatoms. The highest BCUT2D eigenvalue weighted by Gasteiger charge is 2.16. The Morgan fingerprint density at radius 2 is 0.721 bits per heavy atom. The predicted molar refractivity (Wildman–Crippen MR) is 250 cm³/mol. The van der Waals surface area contributed by atoms with Gasteiger partial charge in [0.05, 0.1) is 145 Å². The van der Waals surface area contributed by atoms with Gasteiger partial charge in [0, 0.05) is 6.54 Å². The van der Waals surface area contributed by atoms with E-state index in [1.807, 2.05) is 41.5 Å². The van der Waals surface area contributed by atoms with Crippen molar-refractivity contribution in [2.24, 2.45) is 15.0 Å². The van der Waals surface area contributed by atoms with Gasteiger partial charge in [-0.15, -0.1) is 0 Å². The maximum Gasteiger partial charge on any atom is 0.407 e. The Morgan fingerprint density at radius 1 is 0.426 bits per heavy atom. The van der Waals surface area contributed by atoms with Crippen LogP contribution in [0.3, 0.4) is 0 Å². The minimum Gasteiger partial charge on any atom is -0.460 e. The Hall–Kier alpha value is -4.01. The lowest BCUT2D eigenvalue weighted by molar-refractivity contribution is -0.157. The Labute approximate surface area is 403 Å². The van der Waals surface area contributed by atoms with E-state index in [0.29, 0.717) is 132 Å². The lowest BCUT2D eigenvalue weighted by Crippen LogP contribution is -2.26. The van der Waals surface area contributed by atoms with Crippen LogP contribution < -0.4 is 5.32 Å². The summed E-state index contributed by atoms with van der Waals surface area (Å²) >= 11 is 0. The van der Waals surface area contributed by atoms with Gasteiger partial charge in [0.25, 0.3) is 0 Å². The Morgan fingerprint density at radius 3 is 1.03 bits per heavy atom. The second-order valence-electron chi connectivity index (χ2n) is 16.1. The molecule has 0 aliphatic heterocycles. The first-order valence-electron chi connectivity index (χ1n) is 23.4. The van der Waals surface area contributed by atoms with E-state index >= 15 is 0 Å². The molecule has 0 rings (SSSR count). The molecule has 0 bridgehead atoms. The molecule has 2 N–H and O–H groups in total. The topological polar surface area (TPSA) is 273 Å². The van der Waals surface area contributed by atoms with Crippen LogP contribution in [0.2, 0.25) is 0 Å². The third-order valence-corrected chi connectivity index (χ3v) is 7.62. The van der Waals surface area contributed by atoms with E-state index < -0.39 is 17.3 Å². The number of rotatable bonds is 43. The number of carbonyl (C=O) groups is 3. The number of carbonyl (C=O) groups excluding carboxylic acids is 6. The summed E-state index contributed by atoms with van der Waals surface area (Å²) in [7, 11) is 0. The molecule has 0 unspecified atom stereocenters. The van der Waals surface area contributed by atoms with Crippen LogP contribution in [0, 0.1) is 0 Å². The fourth-order valence-electron chi connectivity index (χ4n) is 4.66. The number of aliphatic imine (C=N–C) groups is 3. The molecule has 0 fully saturated rings. The number of aliphatic hydroxyl groups is 1. The van der Waals surface area contributed by atoms with Crippen molar-refractivity contribution in [2.45, 2.75) is 117 Å². The molecule has 0 aromatic carbocycles. The van der Waals surface area contributed by atoms with Crippen molar-refractivity contribution in [1.82, 2.24) is 5.32 Å². The van der Waals surface area contributed by atoms with Gasteiger partial charge in [0.1, 0.15) is 17.8 Å². The smallest absolute Gasteiger partial charge is 0.407 e. The Bertz CT molecular complexity index is 1290. The second kappa shape index (κ2) is 53.9. The molecule has 68 heavy (non-hydrogen) atoms. The summed E-state index contributed by atoms with van der Waals surface area (Å²) < 4.78 is 57.6. The summed E-state index contributed by atoms with van der Waals surface area (Å²) in [6, 6.07) is 0. The van der Waals surface area contributed by atoms with Gasteiger partial charge in [-0.1, -0.05) is 25.7 Å². The maximum atomic E-state index is 11.5. The number of nitrogens with zero attached hydrogens (tertiary/aromatic N) is 3. The summed E-state index contributed by atoms with van der Waals surface area (Å²) in [5, 5.41) is 11.2. The van der Waals surface area contributed by atoms with Gasteiger partial charge in [0.15, 0.2) is 0 Å². The zero-order valence-electron chi connectivity index (χ0n) is 41.9. The van der Waals surface area contributed by atoms with Crippen molar-refractivity contribution in [1.29, 1.82) is 0 Å². The summed E-state index contributed by atoms with van der Waals surface area (Å²) in [6.07, 6.45) is 11.9. The Balaban J connectivity index is -0.00000106. The van der Waals surface area contributed by atoms with Gasteiger partial charge in [-0.25, -0.2) is 34.2 Å². The average Bonchev–Trinajstić information content (AvgIpc) is 3.27. The molecule has 0 radical (unpaired) electrons. The van der Waals surface area contributed by atoms with Crippen LogP contribution in [0.25, 0.3) is 0 Å². The monoisotopic (exact) mass is 981 g/mol. The molecule has 0 saturated carbocycles. The number of nitrogens with one attached hydrogen (secondary N) is 1. The number of hydrogen-bond donors (Lipinski definition) is 2. The van der Waals surface area contributed by atoms with Gasteiger partial charge in [-0.2, -0.15) is 0 Å².